The van der Waals surface area contributed by atoms with Crippen molar-refractivity contribution in [1.82, 2.24) is 5.32 Å². The minimum absolute atomic E-state index is 0.0346. The zero-order valence-corrected chi connectivity index (χ0v) is 15.4. The second-order valence-corrected chi connectivity index (χ2v) is 6.82. The van der Waals surface area contributed by atoms with Gasteiger partial charge in [-0.25, -0.2) is 0 Å². The molecule has 0 radical (unpaired) electrons. The van der Waals surface area contributed by atoms with Crippen LogP contribution in [-0.2, 0) is 4.79 Å². The molecule has 0 aliphatic heterocycles. The molecule has 4 unspecified atom stereocenters. The van der Waals surface area contributed by atoms with Crippen LogP contribution in [0, 0.1) is 11.8 Å². The Kier molecular flexibility index (Phi) is 6.49. The average Bonchev–Trinajstić information content (AvgIpc) is 2.58. The van der Waals surface area contributed by atoms with E-state index in [9.17, 15) is 4.79 Å². The first-order valence-electron chi connectivity index (χ1n) is 8.75. The predicted octanol–water partition coefficient (Wildman–Crippen LogP) is 3.45. The van der Waals surface area contributed by atoms with E-state index in [1.54, 1.807) is 26.4 Å². The van der Waals surface area contributed by atoms with Gasteiger partial charge < -0.3 is 20.1 Å². The monoisotopic (exact) mass is 334 g/mol. The lowest BCUT2D eigenvalue weighted by Crippen LogP contribution is -2.49. The molecule has 0 spiro atoms. The first-order chi connectivity index (χ1) is 11.5. The molecule has 1 saturated carbocycles. The van der Waals surface area contributed by atoms with Gasteiger partial charge in [-0.2, -0.15) is 0 Å². The Morgan fingerprint density at radius 1 is 1.17 bits per heavy atom. The van der Waals surface area contributed by atoms with Gasteiger partial charge in [0, 0.05) is 17.8 Å². The molecule has 4 atom stereocenters. The van der Waals surface area contributed by atoms with Crippen molar-refractivity contribution in [3.05, 3.63) is 18.2 Å². The number of methoxy groups -OCH3 is 2. The van der Waals surface area contributed by atoms with Gasteiger partial charge in [-0.15, -0.1) is 0 Å². The fraction of sp³-hybridized carbons (Fsp3) is 0.632. The SMILES string of the molecule is COc1ccc(NC(=O)C(C)NC2CCCC(C)C2C)cc1OC. The Labute approximate surface area is 145 Å². The molecule has 2 rings (SSSR count). The zero-order chi connectivity index (χ0) is 17.7. The molecule has 0 heterocycles. The second-order valence-electron chi connectivity index (χ2n) is 6.82. The van der Waals surface area contributed by atoms with Gasteiger partial charge in [0.25, 0.3) is 0 Å². The Morgan fingerprint density at radius 2 is 1.88 bits per heavy atom. The summed E-state index contributed by atoms with van der Waals surface area (Å²) in [7, 11) is 3.17. The highest BCUT2D eigenvalue weighted by atomic mass is 16.5. The number of hydrogen-bond donors (Lipinski definition) is 2. The fourth-order valence-corrected chi connectivity index (χ4v) is 3.38. The van der Waals surface area contributed by atoms with Crippen LogP contribution in [0.5, 0.6) is 11.5 Å². The van der Waals surface area contributed by atoms with Gasteiger partial charge in [0.2, 0.25) is 5.91 Å². The summed E-state index contributed by atoms with van der Waals surface area (Å²) in [6.45, 7) is 6.50. The van der Waals surface area contributed by atoms with Crippen LogP contribution in [-0.4, -0.2) is 32.2 Å². The molecular weight excluding hydrogens is 304 g/mol. The summed E-state index contributed by atoms with van der Waals surface area (Å²) in [5.41, 5.74) is 0.705. The van der Waals surface area contributed by atoms with Crippen molar-refractivity contribution >= 4 is 11.6 Å². The van der Waals surface area contributed by atoms with Gasteiger partial charge >= 0.3 is 0 Å². The maximum Gasteiger partial charge on any atom is 0.241 e. The number of amides is 1. The van der Waals surface area contributed by atoms with Crippen LogP contribution in [0.15, 0.2) is 18.2 Å². The molecule has 1 fully saturated rings. The molecule has 1 aliphatic rings. The quantitative estimate of drug-likeness (QED) is 0.836. The van der Waals surface area contributed by atoms with Crippen molar-refractivity contribution in [3.63, 3.8) is 0 Å². The lowest BCUT2D eigenvalue weighted by Gasteiger charge is -2.36. The van der Waals surface area contributed by atoms with Crippen LogP contribution in [0.4, 0.5) is 5.69 Å². The minimum Gasteiger partial charge on any atom is -0.493 e. The molecule has 0 saturated heterocycles. The Hall–Kier alpha value is -1.75. The van der Waals surface area contributed by atoms with Crippen molar-refractivity contribution in [2.45, 2.75) is 52.1 Å². The number of carbonyl (C=O) groups is 1. The molecule has 5 nitrogen and oxygen atoms in total. The first-order valence-corrected chi connectivity index (χ1v) is 8.75. The van der Waals surface area contributed by atoms with Crippen LogP contribution in [0.25, 0.3) is 0 Å². The van der Waals surface area contributed by atoms with Crippen LogP contribution in [0.1, 0.15) is 40.0 Å². The average molecular weight is 334 g/mol. The van der Waals surface area contributed by atoms with Gasteiger partial charge in [0.05, 0.1) is 20.3 Å². The standard InChI is InChI=1S/C19H30N2O3/c1-12-7-6-8-16(13(12)2)20-14(3)19(22)21-15-9-10-17(23-4)18(11-15)24-5/h9-14,16,20H,6-8H2,1-5H3,(H,21,22). The molecule has 1 amide bonds. The third-order valence-corrected chi connectivity index (χ3v) is 5.22. The van der Waals surface area contributed by atoms with Crippen LogP contribution in [0.3, 0.4) is 0 Å². The smallest absolute Gasteiger partial charge is 0.241 e. The van der Waals surface area contributed by atoms with E-state index in [4.69, 9.17) is 9.47 Å². The molecule has 0 aromatic heterocycles. The Bertz CT molecular complexity index is 562. The Morgan fingerprint density at radius 3 is 2.54 bits per heavy atom. The molecule has 0 bridgehead atoms. The van der Waals surface area contributed by atoms with E-state index in [0.29, 0.717) is 35.1 Å². The lowest BCUT2D eigenvalue weighted by atomic mass is 9.78. The second kappa shape index (κ2) is 8.38. The molecular formula is C19H30N2O3. The molecule has 1 aromatic carbocycles. The van der Waals surface area contributed by atoms with E-state index in [0.717, 1.165) is 6.42 Å². The highest BCUT2D eigenvalue weighted by molar-refractivity contribution is 5.94. The summed E-state index contributed by atoms with van der Waals surface area (Å²) in [4.78, 5) is 12.5. The number of benzene rings is 1. The van der Waals surface area contributed by atoms with Gasteiger partial charge in [-0.05, 0) is 37.3 Å². The van der Waals surface area contributed by atoms with Gasteiger partial charge in [0.1, 0.15) is 0 Å². The van der Waals surface area contributed by atoms with Crippen LogP contribution in [0.2, 0.25) is 0 Å². The highest BCUT2D eigenvalue weighted by Gasteiger charge is 2.29. The number of nitrogens with one attached hydrogen (secondary N) is 2. The Balaban J connectivity index is 1.96. The minimum atomic E-state index is -0.240. The molecule has 24 heavy (non-hydrogen) atoms. The third kappa shape index (κ3) is 4.41. The summed E-state index contributed by atoms with van der Waals surface area (Å²) in [6.07, 6.45) is 3.65. The summed E-state index contributed by atoms with van der Waals surface area (Å²) in [6, 6.07) is 5.54. The number of anilines is 1. The number of carbonyl (C=O) groups excluding carboxylic acids is 1. The molecule has 2 N–H and O–H groups in total. The normalized spacial score (nSPS) is 25.0. The van der Waals surface area contributed by atoms with Gasteiger partial charge in [0.15, 0.2) is 11.5 Å². The van der Waals surface area contributed by atoms with Crippen molar-refractivity contribution in [2.24, 2.45) is 11.8 Å². The van der Waals surface area contributed by atoms with Crippen molar-refractivity contribution in [3.8, 4) is 11.5 Å². The maximum atomic E-state index is 12.5. The van der Waals surface area contributed by atoms with E-state index >= 15 is 0 Å². The lowest BCUT2D eigenvalue weighted by molar-refractivity contribution is -0.118. The summed E-state index contributed by atoms with van der Waals surface area (Å²) < 4.78 is 10.5. The van der Waals surface area contributed by atoms with Crippen molar-refractivity contribution < 1.29 is 14.3 Å². The molecule has 1 aromatic rings. The third-order valence-electron chi connectivity index (χ3n) is 5.22. The summed E-state index contributed by atoms with van der Waals surface area (Å²) in [5.74, 6) is 2.51. The first kappa shape index (κ1) is 18.6. The zero-order valence-electron chi connectivity index (χ0n) is 15.4. The number of ether oxygens (including phenoxy) is 2. The predicted molar refractivity (Wildman–Crippen MR) is 96.7 cm³/mol. The molecule has 1 aliphatic carbocycles. The maximum absolute atomic E-state index is 12.5. The van der Waals surface area contributed by atoms with Crippen LogP contribution < -0.4 is 20.1 Å². The topological polar surface area (TPSA) is 59.6 Å². The largest absolute Gasteiger partial charge is 0.493 e. The number of rotatable bonds is 6. The van der Waals surface area contributed by atoms with E-state index in [-0.39, 0.29) is 11.9 Å². The molecule has 5 heteroatoms. The number of hydrogen-bond acceptors (Lipinski definition) is 4. The fourth-order valence-electron chi connectivity index (χ4n) is 3.38. The highest BCUT2D eigenvalue weighted by Crippen LogP contribution is 2.31. The van der Waals surface area contributed by atoms with Gasteiger partial charge in [-0.1, -0.05) is 26.7 Å². The summed E-state index contributed by atoms with van der Waals surface area (Å²) >= 11 is 0. The van der Waals surface area contributed by atoms with E-state index in [1.807, 2.05) is 13.0 Å². The van der Waals surface area contributed by atoms with E-state index in [2.05, 4.69) is 24.5 Å². The van der Waals surface area contributed by atoms with Crippen molar-refractivity contribution in [2.75, 3.05) is 19.5 Å². The molecule has 134 valence electrons. The van der Waals surface area contributed by atoms with E-state index in [1.165, 1.54) is 12.8 Å². The van der Waals surface area contributed by atoms with E-state index < -0.39 is 0 Å². The van der Waals surface area contributed by atoms with Gasteiger partial charge in [-0.3, -0.25) is 4.79 Å². The van der Waals surface area contributed by atoms with Crippen LogP contribution >= 0.6 is 0 Å². The van der Waals surface area contributed by atoms with Crippen molar-refractivity contribution in [1.29, 1.82) is 0 Å². The summed E-state index contributed by atoms with van der Waals surface area (Å²) in [5, 5.41) is 6.45.